The monoisotopic (exact) mass is 325 g/mol. The van der Waals surface area contributed by atoms with Crippen LogP contribution in [-0.4, -0.2) is 24.6 Å². The maximum absolute atomic E-state index is 11.4. The Morgan fingerprint density at radius 2 is 1.89 bits per heavy atom. The zero-order chi connectivity index (χ0) is 14.3. The third-order valence-corrected chi connectivity index (χ3v) is 2.66. The van der Waals surface area contributed by atoms with Crippen molar-refractivity contribution in [3.8, 4) is 0 Å². The summed E-state index contributed by atoms with van der Waals surface area (Å²) >= 11 is 3.32. The molecule has 1 rings (SSSR count). The van der Waals surface area contributed by atoms with Crippen molar-refractivity contribution >= 4 is 34.0 Å². The summed E-state index contributed by atoms with van der Waals surface area (Å²) in [5, 5.41) is 6.23. The van der Waals surface area contributed by atoms with Crippen LogP contribution in [0.2, 0.25) is 0 Å². The zero-order valence-electron chi connectivity index (χ0n) is 10.8. The Kier molecular flexibility index (Phi) is 6.21. The maximum Gasteiger partial charge on any atom is 0.329 e. The number of hydrazone groups is 1. The molecule has 0 unspecified atom stereocenters. The Morgan fingerprint density at radius 1 is 1.26 bits per heavy atom. The molecule has 5 nitrogen and oxygen atoms in total. The van der Waals surface area contributed by atoms with Crippen LogP contribution in [0.15, 0.2) is 33.8 Å². The van der Waals surface area contributed by atoms with Crippen LogP contribution < -0.4 is 10.7 Å². The summed E-state index contributed by atoms with van der Waals surface area (Å²) in [6.45, 7) is 4.36. The van der Waals surface area contributed by atoms with Crippen LogP contribution in [0, 0.1) is 5.92 Å². The van der Waals surface area contributed by atoms with Gasteiger partial charge >= 0.3 is 11.8 Å². The van der Waals surface area contributed by atoms with E-state index in [9.17, 15) is 9.59 Å². The van der Waals surface area contributed by atoms with Crippen molar-refractivity contribution in [2.75, 3.05) is 6.54 Å². The van der Waals surface area contributed by atoms with Gasteiger partial charge in [0.2, 0.25) is 0 Å². The molecule has 1 aromatic carbocycles. The second-order valence-electron chi connectivity index (χ2n) is 4.35. The number of hydrogen-bond donors (Lipinski definition) is 2. The molecule has 0 heterocycles. The molecule has 0 aliphatic heterocycles. The minimum Gasteiger partial charge on any atom is -0.348 e. The summed E-state index contributed by atoms with van der Waals surface area (Å²) in [4.78, 5) is 22.7. The van der Waals surface area contributed by atoms with Crippen molar-refractivity contribution in [1.29, 1.82) is 0 Å². The summed E-state index contributed by atoms with van der Waals surface area (Å²) in [5.74, 6) is -1.15. The third-order valence-electron chi connectivity index (χ3n) is 2.13. The number of carbonyl (C=O) groups is 2. The smallest absolute Gasteiger partial charge is 0.329 e. The van der Waals surface area contributed by atoms with E-state index in [1.54, 1.807) is 0 Å². The molecule has 0 fully saturated rings. The fourth-order valence-electron chi connectivity index (χ4n) is 1.14. The lowest BCUT2D eigenvalue weighted by Crippen LogP contribution is -2.39. The number of rotatable bonds is 4. The van der Waals surface area contributed by atoms with E-state index in [2.05, 4.69) is 31.8 Å². The molecule has 0 spiro atoms. The molecule has 1 aromatic rings. The van der Waals surface area contributed by atoms with Crippen LogP contribution in [0.25, 0.3) is 0 Å². The Balaban J connectivity index is 2.41. The zero-order valence-corrected chi connectivity index (χ0v) is 12.4. The van der Waals surface area contributed by atoms with Crippen LogP contribution in [0.5, 0.6) is 0 Å². The molecular formula is C13H16BrN3O2. The van der Waals surface area contributed by atoms with E-state index in [4.69, 9.17) is 0 Å². The Bertz CT molecular complexity index is 469. The highest BCUT2D eigenvalue weighted by atomic mass is 79.9. The van der Waals surface area contributed by atoms with Crippen LogP contribution in [-0.2, 0) is 9.59 Å². The van der Waals surface area contributed by atoms with Crippen LogP contribution in [0.3, 0.4) is 0 Å². The first-order valence-electron chi connectivity index (χ1n) is 5.86. The SMILES string of the molecule is CC(C)CNC(=O)C(=O)N/N=C/c1ccc(Br)cc1. The molecule has 0 atom stereocenters. The largest absolute Gasteiger partial charge is 0.348 e. The van der Waals surface area contributed by atoms with Gasteiger partial charge in [0.1, 0.15) is 0 Å². The number of nitrogens with one attached hydrogen (secondary N) is 2. The van der Waals surface area contributed by atoms with Gasteiger partial charge < -0.3 is 5.32 Å². The highest BCUT2D eigenvalue weighted by Gasteiger charge is 2.11. The standard InChI is InChI=1S/C13H16BrN3O2/c1-9(2)7-15-12(18)13(19)17-16-8-10-3-5-11(14)6-4-10/h3-6,8-9H,7H2,1-2H3,(H,15,18)(H,17,19)/b16-8+. The minimum atomic E-state index is -0.769. The van der Waals surface area contributed by atoms with Crippen molar-refractivity contribution in [3.63, 3.8) is 0 Å². The van der Waals surface area contributed by atoms with E-state index in [-0.39, 0.29) is 0 Å². The maximum atomic E-state index is 11.4. The molecule has 0 aliphatic carbocycles. The first-order chi connectivity index (χ1) is 8.99. The van der Waals surface area contributed by atoms with E-state index in [0.29, 0.717) is 12.5 Å². The van der Waals surface area contributed by atoms with Crippen molar-refractivity contribution in [2.24, 2.45) is 11.0 Å². The van der Waals surface area contributed by atoms with Crippen molar-refractivity contribution in [1.82, 2.24) is 10.7 Å². The Labute approximate surface area is 120 Å². The quantitative estimate of drug-likeness (QED) is 0.502. The van der Waals surface area contributed by atoms with E-state index in [1.807, 2.05) is 38.1 Å². The first kappa shape index (κ1) is 15.4. The van der Waals surface area contributed by atoms with Gasteiger partial charge in [-0.05, 0) is 23.6 Å². The van der Waals surface area contributed by atoms with Gasteiger partial charge in [0, 0.05) is 11.0 Å². The number of amides is 2. The molecular weight excluding hydrogens is 310 g/mol. The average molecular weight is 326 g/mol. The molecule has 0 saturated carbocycles. The fraction of sp³-hybridized carbons (Fsp3) is 0.308. The van der Waals surface area contributed by atoms with E-state index < -0.39 is 11.8 Å². The van der Waals surface area contributed by atoms with Gasteiger partial charge in [-0.15, -0.1) is 0 Å². The summed E-state index contributed by atoms with van der Waals surface area (Å²) in [6, 6.07) is 7.38. The second kappa shape index (κ2) is 7.68. The molecule has 0 aromatic heterocycles. The molecule has 102 valence electrons. The fourth-order valence-corrected chi connectivity index (χ4v) is 1.41. The summed E-state index contributed by atoms with van der Waals surface area (Å²) in [7, 11) is 0. The second-order valence-corrected chi connectivity index (χ2v) is 5.27. The average Bonchev–Trinajstić information content (AvgIpc) is 2.38. The van der Waals surface area contributed by atoms with Crippen LogP contribution in [0.1, 0.15) is 19.4 Å². The van der Waals surface area contributed by atoms with Crippen molar-refractivity contribution in [2.45, 2.75) is 13.8 Å². The summed E-state index contributed by atoms with van der Waals surface area (Å²) < 4.78 is 0.960. The number of nitrogens with zero attached hydrogens (tertiary/aromatic N) is 1. The number of carbonyl (C=O) groups excluding carboxylic acids is 2. The number of hydrogen-bond acceptors (Lipinski definition) is 3. The Hall–Kier alpha value is -1.69. The van der Waals surface area contributed by atoms with Gasteiger partial charge in [0.05, 0.1) is 6.21 Å². The first-order valence-corrected chi connectivity index (χ1v) is 6.65. The molecule has 0 radical (unpaired) electrons. The summed E-state index contributed by atoms with van der Waals surface area (Å²) in [5.41, 5.74) is 3.00. The minimum absolute atomic E-state index is 0.294. The van der Waals surface area contributed by atoms with Crippen LogP contribution in [0.4, 0.5) is 0 Å². The van der Waals surface area contributed by atoms with Crippen LogP contribution >= 0.6 is 15.9 Å². The van der Waals surface area contributed by atoms with Gasteiger partial charge in [-0.25, -0.2) is 5.43 Å². The predicted molar refractivity (Wildman–Crippen MR) is 77.7 cm³/mol. The van der Waals surface area contributed by atoms with Gasteiger partial charge in [-0.2, -0.15) is 5.10 Å². The van der Waals surface area contributed by atoms with Crippen molar-refractivity contribution in [3.05, 3.63) is 34.3 Å². The predicted octanol–water partition coefficient (Wildman–Crippen LogP) is 1.67. The van der Waals surface area contributed by atoms with Gasteiger partial charge in [0.25, 0.3) is 0 Å². The molecule has 19 heavy (non-hydrogen) atoms. The topological polar surface area (TPSA) is 70.6 Å². The van der Waals surface area contributed by atoms with Gasteiger partial charge in [0.15, 0.2) is 0 Å². The number of benzene rings is 1. The summed E-state index contributed by atoms with van der Waals surface area (Å²) in [6.07, 6.45) is 1.47. The van der Waals surface area contributed by atoms with Crippen molar-refractivity contribution < 1.29 is 9.59 Å². The van der Waals surface area contributed by atoms with E-state index >= 15 is 0 Å². The highest BCUT2D eigenvalue weighted by molar-refractivity contribution is 9.10. The van der Waals surface area contributed by atoms with E-state index in [1.165, 1.54) is 6.21 Å². The lowest BCUT2D eigenvalue weighted by atomic mass is 10.2. The highest BCUT2D eigenvalue weighted by Crippen LogP contribution is 2.08. The normalized spacial score (nSPS) is 10.7. The van der Waals surface area contributed by atoms with E-state index in [0.717, 1.165) is 10.0 Å². The lowest BCUT2D eigenvalue weighted by molar-refractivity contribution is -0.139. The van der Waals surface area contributed by atoms with Gasteiger partial charge in [-0.3, -0.25) is 9.59 Å². The molecule has 2 N–H and O–H groups in total. The molecule has 2 amide bonds. The lowest BCUT2D eigenvalue weighted by Gasteiger charge is -2.05. The molecule has 0 bridgehead atoms. The molecule has 6 heteroatoms. The molecule has 0 saturated heterocycles. The number of halogens is 1. The third kappa shape index (κ3) is 6.15. The Morgan fingerprint density at radius 3 is 2.47 bits per heavy atom. The van der Waals surface area contributed by atoms with Gasteiger partial charge in [-0.1, -0.05) is 41.9 Å². The molecule has 0 aliphatic rings.